The minimum absolute atomic E-state index is 0.0537. The van der Waals surface area contributed by atoms with Crippen LogP contribution in [0.15, 0.2) is 54.6 Å². The molecule has 5 nitrogen and oxygen atoms in total. The van der Waals surface area contributed by atoms with E-state index < -0.39 is 11.0 Å². The summed E-state index contributed by atoms with van der Waals surface area (Å²) < 4.78 is 5.55. The van der Waals surface area contributed by atoms with Gasteiger partial charge in [-0.05, 0) is 80.8 Å². The molecule has 2 aromatic carbocycles. The summed E-state index contributed by atoms with van der Waals surface area (Å²) in [5.41, 5.74) is 0.659. The van der Waals surface area contributed by atoms with Crippen LogP contribution in [0.3, 0.4) is 0 Å². The summed E-state index contributed by atoms with van der Waals surface area (Å²) in [7, 11) is 3.61. The highest BCUT2D eigenvalue weighted by atomic mass is 16.5. The van der Waals surface area contributed by atoms with E-state index in [0.717, 1.165) is 55.1 Å². The number of ether oxygens (including phenoxy) is 1. The van der Waals surface area contributed by atoms with Crippen molar-refractivity contribution >= 4 is 5.91 Å². The fourth-order valence-corrected chi connectivity index (χ4v) is 6.26. The molecule has 2 aromatic rings. The van der Waals surface area contributed by atoms with Crippen molar-refractivity contribution in [3.05, 3.63) is 65.7 Å². The number of benzene rings is 2. The van der Waals surface area contributed by atoms with Crippen LogP contribution < -0.4 is 4.74 Å². The second kappa shape index (κ2) is 8.77. The Kier molecular flexibility index (Phi) is 5.96. The predicted octanol–water partition coefficient (Wildman–Crippen LogP) is 4.10. The molecule has 1 aliphatic heterocycles. The summed E-state index contributed by atoms with van der Waals surface area (Å²) in [5, 5.41) is 12.2. The van der Waals surface area contributed by atoms with Crippen LogP contribution in [-0.4, -0.2) is 66.2 Å². The normalized spacial score (nSPS) is 29.8. The van der Waals surface area contributed by atoms with Gasteiger partial charge in [-0.2, -0.15) is 0 Å². The van der Waals surface area contributed by atoms with Crippen molar-refractivity contribution in [2.75, 3.05) is 33.8 Å². The summed E-state index contributed by atoms with van der Waals surface area (Å²) in [5.74, 6) is 1.68. The van der Waals surface area contributed by atoms with Gasteiger partial charge in [0, 0.05) is 37.2 Å². The molecule has 176 valence electrons. The highest BCUT2D eigenvalue weighted by Crippen LogP contribution is 2.53. The number of piperidine rings is 1. The molecule has 1 saturated heterocycles. The second-order valence-electron chi connectivity index (χ2n) is 10.5. The minimum atomic E-state index is -0.806. The fraction of sp³-hybridized carbons (Fsp3) is 0.536. The standard InChI is InChI=1S/C28H36N2O3/c1-29(26(31)22-7-4-3-5-8-22)24-13-14-28(32)20-30(19-21-11-12-21)16-15-27(28,18-24)23-9-6-10-25(17-23)33-2/h3-10,17,21,24,32H,11-16,18-20H2,1-2H3/t24-,27-,28-/m0/s1. The van der Waals surface area contributed by atoms with Gasteiger partial charge in [0.25, 0.3) is 5.91 Å². The quantitative estimate of drug-likeness (QED) is 0.723. The number of amides is 1. The van der Waals surface area contributed by atoms with E-state index >= 15 is 0 Å². The van der Waals surface area contributed by atoms with Crippen LogP contribution in [0, 0.1) is 5.92 Å². The van der Waals surface area contributed by atoms with E-state index in [1.54, 1.807) is 7.11 Å². The van der Waals surface area contributed by atoms with Crippen molar-refractivity contribution in [2.24, 2.45) is 5.92 Å². The summed E-state index contributed by atoms with van der Waals surface area (Å²) in [6.07, 6.45) is 5.82. The monoisotopic (exact) mass is 448 g/mol. The zero-order chi connectivity index (χ0) is 23.1. The minimum Gasteiger partial charge on any atom is -0.497 e. The molecule has 0 aromatic heterocycles. The van der Waals surface area contributed by atoms with E-state index in [4.69, 9.17) is 4.74 Å². The Balaban J connectivity index is 1.46. The molecule has 33 heavy (non-hydrogen) atoms. The van der Waals surface area contributed by atoms with E-state index in [1.807, 2.05) is 54.4 Å². The van der Waals surface area contributed by atoms with Crippen LogP contribution >= 0.6 is 0 Å². The number of fused-ring (bicyclic) bond motifs is 1. The van der Waals surface area contributed by atoms with E-state index in [2.05, 4.69) is 17.0 Å². The molecule has 1 amide bonds. The van der Waals surface area contributed by atoms with Crippen molar-refractivity contribution in [2.45, 2.75) is 55.6 Å². The number of nitrogens with zero attached hydrogens (tertiary/aromatic N) is 2. The van der Waals surface area contributed by atoms with E-state index in [1.165, 1.54) is 12.8 Å². The average Bonchev–Trinajstić information content (AvgIpc) is 3.67. The molecule has 3 fully saturated rings. The number of carbonyl (C=O) groups is 1. The smallest absolute Gasteiger partial charge is 0.253 e. The Bertz CT molecular complexity index is 992. The van der Waals surface area contributed by atoms with Crippen molar-refractivity contribution in [3.63, 3.8) is 0 Å². The van der Waals surface area contributed by atoms with Gasteiger partial charge in [0.15, 0.2) is 0 Å². The summed E-state index contributed by atoms with van der Waals surface area (Å²) >= 11 is 0. The Morgan fingerprint density at radius 3 is 2.64 bits per heavy atom. The molecule has 0 unspecified atom stereocenters. The van der Waals surface area contributed by atoms with Gasteiger partial charge in [0.1, 0.15) is 5.75 Å². The molecule has 0 spiro atoms. The van der Waals surface area contributed by atoms with Crippen LogP contribution in [0.4, 0.5) is 0 Å². The van der Waals surface area contributed by atoms with Crippen molar-refractivity contribution in [1.82, 2.24) is 9.80 Å². The second-order valence-corrected chi connectivity index (χ2v) is 10.5. The predicted molar refractivity (Wildman–Crippen MR) is 130 cm³/mol. The zero-order valence-corrected chi connectivity index (χ0v) is 19.9. The van der Waals surface area contributed by atoms with Gasteiger partial charge in [0.05, 0.1) is 12.7 Å². The number of aliphatic hydroxyl groups is 1. The molecular formula is C28H36N2O3. The molecule has 0 bridgehead atoms. The maximum Gasteiger partial charge on any atom is 0.253 e. The van der Waals surface area contributed by atoms with Crippen LogP contribution in [-0.2, 0) is 5.41 Å². The maximum absolute atomic E-state index is 13.2. The van der Waals surface area contributed by atoms with Crippen molar-refractivity contribution < 1.29 is 14.6 Å². The van der Waals surface area contributed by atoms with Crippen molar-refractivity contribution in [3.8, 4) is 5.75 Å². The molecule has 3 aliphatic rings. The first-order valence-electron chi connectivity index (χ1n) is 12.4. The van der Waals surface area contributed by atoms with E-state index in [0.29, 0.717) is 13.0 Å². The Morgan fingerprint density at radius 2 is 1.91 bits per heavy atom. The largest absolute Gasteiger partial charge is 0.497 e. The van der Waals surface area contributed by atoms with Gasteiger partial charge in [-0.25, -0.2) is 0 Å². The topological polar surface area (TPSA) is 53.0 Å². The fourth-order valence-electron chi connectivity index (χ4n) is 6.26. The number of methoxy groups -OCH3 is 1. The number of rotatable bonds is 6. The van der Waals surface area contributed by atoms with Gasteiger partial charge in [-0.15, -0.1) is 0 Å². The van der Waals surface area contributed by atoms with Crippen LogP contribution in [0.1, 0.15) is 54.4 Å². The summed E-state index contributed by atoms with van der Waals surface area (Å²) in [6.45, 7) is 2.80. The number of likely N-dealkylation sites (tertiary alicyclic amines) is 1. The third-order valence-corrected chi connectivity index (χ3v) is 8.43. The van der Waals surface area contributed by atoms with Gasteiger partial charge in [-0.3, -0.25) is 4.79 Å². The lowest BCUT2D eigenvalue weighted by Gasteiger charge is -2.59. The van der Waals surface area contributed by atoms with Crippen LogP contribution in [0.25, 0.3) is 0 Å². The first-order valence-corrected chi connectivity index (χ1v) is 12.4. The zero-order valence-electron chi connectivity index (χ0n) is 19.9. The molecule has 2 aliphatic carbocycles. The van der Waals surface area contributed by atoms with Gasteiger partial charge < -0.3 is 19.6 Å². The molecule has 5 rings (SSSR count). The SMILES string of the molecule is COc1cccc([C@@]23CCN(CC4CC4)C[C@@]2(O)CC[C@H](N(C)C(=O)c2ccccc2)C3)c1. The molecule has 5 heteroatoms. The number of β-amino-alcohol motifs (C(OH)–C–C–N with tert-alkyl or cyclic N) is 1. The molecular weight excluding hydrogens is 412 g/mol. The summed E-state index contributed by atoms with van der Waals surface area (Å²) in [4.78, 5) is 17.6. The molecule has 1 N–H and O–H groups in total. The third-order valence-electron chi connectivity index (χ3n) is 8.43. The maximum atomic E-state index is 13.2. The lowest BCUT2D eigenvalue weighted by atomic mass is 9.55. The Hall–Kier alpha value is -2.37. The van der Waals surface area contributed by atoms with Gasteiger partial charge in [-0.1, -0.05) is 30.3 Å². The third kappa shape index (κ3) is 4.17. The number of carbonyl (C=O) groups excluding carboxylic acids is 1. The molecule has 3 atom stereocenters. The average molecular weight is 449 g/mol. The van der Waals surface area contributed by atoms with Crippen molar-refractivity contribution in [1.29, 1.82) is 0 Å². The van der Waals surface area contributed by atoms with Gasteiger partial charge in [0.2, 0.25) is 0 Å². The molecule has 2 saturated carbocycles. The first kappa shape index (κ1) is 22.4. The van der Waals surface area contributed by atoms with E-state index in [9.17, 15) is 9.90 Å². The molecule has 0 radical (unpaired) electrons. The highest BCUT2D eigenvalue weighted by molar-refractivity contribution is 5.94. The highest BCUT2D eigenvalue weighted by Gasteiger charge is 2.58. The number of hydrogen-bond acceptors (Lipinski definition) is 4. The van der Waals surface area contributed by atoms with E-state index in [-0.39, 0.29) is 11.9 Å². The summed E-state index contributed by atoms with van der Waals surface area (Å²) in [6, 6.07) is 17.8. The van der Waals surface area contributed by atoms with Crippen LogP contribution in [0.5, 0.6) is 5.75 Å². The van der Waals surface area contributed by atoms with Crippen LogP contribution in [0.2, 0.25) is 0 Å². The Labute approximate surface area is 197 Å². The Morgan fingerprint density at radius 1 is 1.12 bits per heavy atom. The lowest BCUT2D eigenvalue weighted by Crippen LogP contribution is -2.67. The van der Waals surface area contributed by atoms with Gasteiger partial charge >= 0.3 is 0 Å². The molecule has 1 heterocycles. The first-order chi connectivity index (χ1) is 15.9. The lowest BCUT2D eigenvalue weighted by molar-refractivity contribution is -0.132. The number of hydrogen-bond donors (Lipinski definition) is 1.